The first kappa shape index (κ1) is 17.8. The standard InChI is InChI=1S/C16H24N2O2.ClH/c1-12-5-4-7-14(9-12)20-11-16(19)18-15-8-3-2-6-13(15)10-17;/h4-5,7,9,13,15H,2-3,6,8,10-11,17H2,1H3,(H,18,19);1H. The van der Waals surface area contributed by atoms with Crippen molar-refractivity contribution in [3.05, 3.63) is 29.8 Å². The SMILES string of the molecule is Cc1cccc(OCC(=O)NC2CCCCC2CN)c1.Cl. The molecule has 2 atom stereocenters. The number of nitrogens with two attached hydrogens (primary N) is 1. The van der Waals surface area contributed by atoms with E-state index in [1.165, 1.54) is 12.8 Å². The maximum absolute atomic E-state index is 12.0. The molecule has 118 valence electrons. The van der Waals surface area contributed by atoms with E-state index in [9.17, 15) is 4.79 Å². The molecule has 1 aliphatic carbocycles. The van der Waals surface area contributed by atoms with Crippen LogP contribution in [0.25, 0.3) is 0 Å². The summed E-state index contributed by atoms with van der Waals surface area (Å²) < 4.78 is 5.52. The summed E-state index contributed by atoms with van der Waals surface area (Å²) >= 11 is 0. The molecule has 2 rings (SSSR count). The van der Waals surface area contributed by atoms with Crippen molar-refractivity contribution in [2.45, 2.75) is 38.6 Å². The molecule has 0 radical (unpaired) electrons. The zero-order chi connectivity index (χ0) is 14.4. The van der Waals surface area contributed by atoms with Gasteiger partial charge >= 0.3 is 0 Å². The van der Waals surface area contributed by atoms with Crippen molar-refractivity contribution < 1.29 is 9.53 Å². The fraction of sp³-hybridized carbons (Fsp3) is 0.562. The molecule has 1 aromatic carbocycles. The molecular weight excluding hydrogens is 288 g/mol. The van der Waals surface area contributed by atoms with Crippen LogP contribution >= 0.6 is 12.4 Å². The third-order valence-electron chi connectivity index (χ3n) is 3.92. The van der Waals surface area contributed by atoms with Gasteiger partial charge in [0.2, 0.25) is 0 Å². The van der Waals surface area contributed by atoms with Gasteiger partial charge in [0.05, 0.1) is 0 Å². The number of ether oxygens (including phenoxy) is 1. The summed E-state index contributed by atoms with van der Waals surface area (Å²) in [6.07, 6.45) is 4.52. The number of aryl methyl sites for hydroxylation is 1. The second-order valence-corrected chi connectivity index (χ2v) is 5.56. The zero-order valence-electron chi connectivity index (χ0n) is 12.5. The molecule has 0 aliphatic heterocycles. The molecule has 4 nitrogen and oxygen atoms in total. The molecule has 2 unspecified atom stereocenters. The highest BCUT2D eigenvalue weighted by atomic mass is 35.5. The minimum absolute atomic E-state index is 0. The van der Waals surface area contributed by atoms with Gasteiger partial charge in [-0.15, -0.1) is 12.4 Å². The molecule has 1 amide bonds. The fourth-order valence-electron chi connectivity index (χ4n) is 2.78. The van der Waals surface area contributed by atoms with Crippen molar-refractivity contribution >= 4 is 18.3 Å². The highest BCUT2D eigenvalue weighted by molar-refractivity contribution is 5.85. The number of rotatable bonds is 5. The van der Waals surface area contributed by atoms with E-state index < -0.39 is 0 Å². The molecule has 0 saturated heterocycles. The van der Waals surface area contributed by atoms with Gasteiger partial charge in [0.15, 0.2) is 6.61 Å². The lowest BCUT2D eigenvalue weighted by Gasteiger charge is -2.31. The Labute approximate surface area is 132 Å². The molecule has 1 fully saturated rings. The first-order chi connectivity index (χ1) is 9.69. The van der Waals surface area contributed by atoms with Crippen LogP contribution in [0.3, 0.4) is 0 Å². The number of amides is 1. The van der Waals surface area contributed by atoms with E-state index >= 15 is 0 Å². The van der Waals surface area contributed by atoms with Gasteiger partial charge in [0.1, 0.15) is 5.75 Å². The van der Waals surface area contributed by atoms with Crippen LogP contribution in [0.5, 0.6) is 5.75 Å². The molecule has 0 heterocycles. The summed E-state index contributed by atoms with van der Waals surface area (Å²) in [5.74, 6) is 1.09. The lowest BCUT2D eigenvalue weighted by Crippen LogP contribution is -2.46. The molecule has 3 N–H and O–H groups in total. The largest absolute Gasteiger partial charge is 0.484 e. The van der Waals surface area contributed by atoms with Crippen molar-refractivity contribution in [2.75, 3.05) is 13.2 Å². The van der Waals surface area contributed by atoms with Gasteiger partial charge in [-0.1, -0.05) is 25.0 Å². The Morgan fingerprint density at radius 2 is 2.14 bits per heavy atom. The van der Waals surface area contributed by atoms with Gasteiger partial charge in [0, 0.05) is 6.04 Å². The fourth-order valence-corrected chi connectivity index (χ4v) is 2.78. The number of benzene rings is 1. The Hall–Kier alpha value is -1.26. The maximum Gasteiger partial charge on any atom is 0.258 e. The van der Waals surface area contributed by atoms with Gasteiger partial charge in [-0.25, -0.2) is 0 Å². The quantitative estimate of drug-likeness (QED) is 0.877. The topological polar surface area (TPSA) is 64.3 Å². The number of nitrogens with one attached hydrogen (secondary N) is 1. The van der Waals surface area contributed by atoms with E-state index in [2.05, 4.69) is 5.32 Å². The number of carbonyl (C=O) groups excluding carboxylic acids is 1. The molecule has 1 aliphatic rings. The van der Waals surface area contributed by atoms with Crippen LogP contribution in [-0.4, -0.2) is 25.1 Å². The molecule has 1 saturated carbocycles. The van der Waals surface area contributed by atoms with Gasteiger partial charge in [-0.3, -0.25) is 4.79 Å². The monoisotopic (exact) mass is 312 g/mol. The third kappa shape index (κ3) is 5.56. The highest BCUT2D eigenvalue weighted by Gasteiger charge is 2.25. The van der Waals surface area contributed by atoms with Gasteiger partial charge in [-0.2, -0.15) is 0 Å². The second-order valence-electron chi connectivity index (χ2n) is 5.56. The maximum atomic E-state index is 12.0. The summed E-state index contributed by atoms with van der Waals surface area (Å²) in [7, 11) is 0. The van der Waals surface area contributed by atoms with E-state index in [-0.39, 0.29) is 31.0 Å². The molecule has 0 bridgehead atoms. The molecule has 21 heavy (non-hydrogen) atoms. The first-order valence-corrected chi connectivity index (χ1v) is 7.38. The van der Waals surface area contributed by atoms with Crippen molar-refractivity contribution in [1.82, 2.24) is 5.32 Å². The molecule has 0 aromatic heterocycles. The van der Waals surface area contributed by atoms with Crippen LogP contribution in [0.2, 0.25) is 0 Å². The van der Waals surface area contributed by atoms with Crippen LogP contribution in [0.15, 0.2) is 24.3 Å². The third-order valence-corrected chi connectivity index (χ3v) is 3.92. The molecule has 0 spiro atoms. The summed E-state index contributed by atoms with van der Waals surface area (Å²) in [4.78, 5) is 12.0. The van der Waals surface area contributed by atoms with E-state index in [0.29, 0.717) is 12.5 Å². The minimum Gasteiger partial charge on any atom is -0.484 e. The number of hydrogen-bond acceptors (Lipinski definition) is 3. The summed E-state index contributed by atoms with van der Waals surface area (Å²) in [5, 5.41) is 3.06. The van der Waals surface area contributed by atoms with E-state index in [4.69, 9.17) is 10.5 Å². The van der Waals surface area contributed by atoms with Crippen LogP contribution in [-0.2, 0) is 4.79 Å². The lowest BCUT2D eigenvalue weighted by molar-refractivity contribution is -0.124. The van der Waals surface area contributed by atoms with E-state index in [0.717, 1.165) is 24.2 Å². The second kappa shape index (κ2) is 8.90. The highest BCUT2D eigenvalue weighted by Crippen LogP contribution is 2.23. The van der Waals surface area contributed by atoms with Crippen LogP contribution in [0, 0.1) is 12.8 Å². The summed E-state index contributed by atoms with van der Waals surface area (Å²) in [6, 6.07) is 7.93. The smallest absolute Gasteiger partial charge is 0.258 e. The van der Waals surface area contributed by atoms with Crippen molar-refractivity contribution in [3.63, 3.8) is 0 Å². The Balaban J connectivity index is 0.00000220. The van der Waals surface area contributed by atoms with E-state index in [1.807, 2.05) is 31.2 Å². The van der Waals surface area contributed by atoms with Crippen molar-refractivity contribution in [3.8, 4) is 5.75 Å². The Morgan fingerprint density at radius 1 is 1.38 bits per heavy atom. The predicted octanol–water partition coefficient (Wildman–Crippen LogP) is 2.43. The predicted molar refractivity (Wildman–Crippen MR) is 86.9 cm³/mol. The average Bonchev–Trinajstić information content (AvgIpc) is 2.46. The first-order valence-electron chi connectivity index (χ1n) is 7.38. The molecule has 5 heteroatoms. The minimum atomic E-state index is -0.0585. The number of carbonyl (C=O) groups is 1. The van der Waals surface area contributed by atoms with Gasteiger partial charge in [-0.05, 0) is 49.9 Å². The molecular formula is C16H25ClN2O2. The Morgan fingerprint density at radius 3 is 2.86 bits per heavy atom. The number of hydrogen-bond donors (Lipinski definition) is 2. The normalized spacial score (nSPS) is 21.2. The van der Waals surface area contributed by atoms with Crippen LogP contribution in [0.4, 0.5) is 0 Å². The van der Waals surface area contributed by atoms with Gasteiger partial charge in [0.25, 0.3) is 5.91 Å². The van der Waals surface area contributed by atoms with Crippen LogP contribution in [0.1, 0.15) is 31.2 Å². The van der Waals surface area contributed by atoms with Gasteiger partial charge < -0.3 is 15.8 Å². The Bertz CT molecular complexity index is 454. The number of halogens is 1. The zero-order valence-corrected chi connectivity index (χ0v) is 13.3. The lowest BCUT2D eigenvalue weighted by atomic mass is 9.84. The van der Waals surface area contributed by atoms with Crippen molar-refractivity contribution in [2.24, 2.45) is 11.7 Å². The van der Waals surface area contributed by atoms with E-state index in [1.54, 1.807) is 0 Å². The van der Waals surface area contributed by atoms with Crippen LogP contribution < -0.4 is 15.8 Å². The summed E-state index contributed by atoms with van der Waals surface area (Å²) in [6.45, 7) is 2.71. The Kier molecular flexibility index (Phi) is 7.54. The summed E-state index contributed by atoms with van der Waals surface area (Å²) in [5.41, 5.74) is 6.89. The van der Waals surface area contributed by atoms with Crippen molar-refractivity contribution in [1.29, 1.82) is 0 Å². The average molecular weight is 313 g/mol. The molecule has 1 aromatic rings.